The van der Waals surface area contributed by atoms with Crippen LogP contribution in [0.4, 0.5) is 0 Å². The number of ketones is 3. The summed E-state index contributed by atoms with van der Waals surface area (Å²) in [6.07, 6.45) is 1.12. The van der Waals surface area contributed by atoms with Crippen molar-refractivity contribution < 1.29 is 24.6 Å². The third kappa shape index (κ3) is 2.24. The van der Waals surface area contributed by atoms with Crippen LogP contribution in [0.3, 0.4) is 0 Å². The molecule has 0 saturated heterocycles. The largest absolute Gasteiger partial charge is 0.510 e. The normalized spacial score (nSPS) is 39.0. The molecule has 2 bridgehead atoms. The van der Waals surface area contributed by atoms with Gasteiger partial charge in [0.1, 0.15) is 11.3 Å². The van der Waals surface area contributed by atoms with Crippen molar-refractivity contribution in [2.45, 2.75) is 73.3 Å². The first-order valence-corrected chi connectivity index (χ1v) is 9.97. The highest BCUT2D eigenvalue weighted by Gasteiger charge is 2.77. The molecule has 0 aromatic carbocycles. The van der Waals surface area contributed by atoms with E-state index in [0.717, 1.165) is 0 Å². The molecule has 3 rings (SSSR count). The molecule has 2 saturated carbocycles. The number of aliphatic hydroxyl groups excluding tert-OH is 1. The van der Waals surface area contributed by atoms with E-state index < -0.39 is 33.5 Å². The van der Waals surface area contributed by atoms with Gasteiger partial charge in [0.05, 0.1) is 16.4 Å². The van der Waals surface area contributed by atoms with Crippen molar-refractivity contribution in [1.29, 1.82) is 0 Å². The summed E-state index contributed by atoms with van der Waals surface area (Å²) in [6.45, 7) is 12.7. The van der Waals surface area contributed by atoms with E-state index in [1.165, 1.54) is 0 Å². The summed E-state index contributed by atoms with van der Waals surface area (Å²) in [5.41, 5.74) is -4.20. The van der Waals surface area contributed by atoms with Gasteiger partial charge >= 0.3 is 0 Å². The maximum atomic E-state index is 13.6. The molecular weight excluding hydrogens is 344 g/mol. The minimum atomic E-state index is -1.31. The number of Topliss-reactive ketones (excluding diaryl/α,β-unsaturated/α-hetero) is 3. The van der Waals surface area contributed by atoms with Crippen molar-refractivity contribution in [3.05, 3.63) is 11.3 Å². The number of fused-ring (bicyclic) bond motifs is 1. The quantitative estimate of drug-likeness (QED) is 0.580. The number of rotatable bonds is 4. The molecule has 2 fully saturated rings. The molecule has 2 N–H and O–H groups in total. The molecule has 3 aliphatic rings. The van der Waals surface area contributed by atoms with Gasteiger partial charge in [0, 0.05) is 5.92 Å². The summed E-state index contributed by atoms with van der Waals surface area (Å²) in [4.78, 5) is 40.1. The van der Waals surface area contributed by atoms with Gasteiger partial charge in [-0.3, -0.25) is 14.4 Å². The fraction of sp³-hybridized carbons (Fsp3) is 0.773. The van der Waals surface area contributed by atoms with Crippen molar-refractivity contribution in [1.82, 2.24) is 0 Å². The van der Waals surface area contributed by atoms with E-state index >= 15 is 0 Å². The van der Waals surface area contributed by atoms with Gasteiger partial charge in [0.15, 0.2) is 17.3 Å². The average Bonchev–Trinajstić information content (AvgIpc) is 2.91. The third-order valence-corrected chi connectivity index (χ3v) is 7.99. The van der Waals surface area contributed by atoms with E-state index in [-0.39, 0.29) is 41.2 Å². The van der Waals surface area contributed by atoms with Crippen molar-refractivity contribution in [3.8, 4) is 0 Å². The molecule has 0 radical (unpaired) electrons. The Morgan fingerprint density at radius 1 is 1.22 bits per heavy atom. The molecule has 3 aliphatic carbocycles. The number of carbonyl (C=O) groups excluding carboxylic acids is 3. The molecule has 0 amide bonds. The van der Waals surface area contributed by atoms with Crippen LogP contribution in [0, 0.1) is 34.0 Å². The molecule has 5 heteroatoms. The number of aliphatic hydroxyl groups is 2. The van der Waals surface area contributed by atoms with Gasteiger partial charge in [-0.2, -0.15) is 0 Å². The molecule has 1 unspecified atom stereocenters. The topological polar surface area (TPSA) is 91.7 Å². The van der Waals surface area contributed by atoms with Crippen LogP contribution in [-0.4, -0.2) is 33.2 Å². The Balaban J connectivity index is 2.23. The smallest absolute Gasteiger partial charge is 0.183 e. The van der Waals surface area contributed by atoms with E-state index in [2.05, 4.69) is 0 Å². The Labute approximate surface area is 161 Å². The Morgan fingerprint density at radius 3 is 2.26 bits per heavy atom. The van der Waals surface area contributed by atoms with Crippen LogP contribution < -0.4 is 0 Å². The second-order valence-corrected chi connectivity index (χ2v) is 10.3. The Kier molecular flexibility index (Phi) is 4.14. The lowest BCUT2D eigenvalue weighted by Gasteiger charge is -2.40. The van der Waals surface area contributed by atoms with Crippen molar-refractivity contribution >= 4 is 17.3 Å². The second kappa shape index (κ2) is 5.53. The zero-order valence-corrected chi connectivity index (χ0v) is 17.5. The van der Waals surface area contributed by atoms with E-state index in [9.17, 15) is 24.6 Å². The van der Waals surface area contributed by atoms with Crippen LogP contribution in [0.25, 0.3) is 0 Å². The summed E-state index contributed by atoms with van der Waals surface area (Å²) in [5.74, 6) is -2.46. The van der Waals surface area contributed by atoms with Gasteiger partial charge in [-0.05, 0) is 57.3 Å². The Bertz CT molecular complexity index is 768. The van der Waals surface area contributed by atoms with Crippen molar-refractivity contribution in [2.75, 3.05) is 0 Å². The van der Waals surface area contributed by atoms with Gasteiger partial charge in [-0.25, -0.2) is 0 Å². The number of hydrogen-bond donors (Lipinski definition) is 2. The Hall–Kier alpha value is -1.49. The predicted octanol–water partition coefficient (Wildman–Crippen LogP) is 3.40. The average molecular weight is 376 g/mol. The summed E-state index contributed by atoms with van der Waals surface area (Å²) >= 11 is 0. The lowest BCUT2D eigenvalue weighted by atomic mass is 9.64. The van der Waals surface area contributed by atoms with Gasteiger partial charge in [-0.1, -0.05) is 27.7 Å². The van der Waals surface area contributed by atoms with Crippen molar-refractivity contribution in [2.24, 2.45) is 34.0 Å². The highest BCUT2D eigenvalue weighted by molar-refractivity contribution is 6.32. The minimum Gasteiger partial charge on any atom is -0.510 e. The van der Waals surface area contributed by atoms with Crippen molar-refractivity contribution in [3.63, 3.8) is 0 Å². The monoisotopic (exact) mass is 376 g/mol. The molecule has 5 atom stereocenters. The fourth-order valence-corrected chi connectivity index (χ4v) is 6.27. The van der Waals surface area contributed by atoms with Crippen LogP contribution in [0.15, 0.2) is 11.3 Å². The third-order valence-electron chi connectivity index (χ3n) is 7.99. The van der Waals surface area contributed by atoms with E-state index in [4.69, 9.17) is 0 Å². The second-order valence-electron chi connectivity index (χ2n) is 10.3. The summed E-state index contributed by atoms with van der Waals surface area (Å²) in [5, 5.41) is 21.6. The molecule has 27 heavy (non-hydrogen) atoms. The fourth-order valence-electron chi connectivity index (χ4n) is 6.27. The first-order chi connectivity index (χ1) is 12.2. The summed E-state index contributed by atoms with van der Waals surface area (Å²) in [7, 11) is 0. The maximum Gasteiger partial charge on any atom is 0.183 e. The van der Waals surface area contributed by atoms with Crippen LogP contribution in [0.5, 0.6) is 0 Å². The molecule has 0 heterocycles. The van der Waals surface area contributed by atoms with Crippen LogP contribution in [-0.2, 0) is 14.4 Å². The van der Waals surface area contributed by atoms with Gasteiger partial charge in [-0.15, -0.1) is 0 Å². The van der Waals surface area contributed by atoms with Gasteiger partial charge in [0.25, 0.3) is 0 Å². The Morgan fingerprint density at radius 2 is 1.78 bits per heavy atom. The molecule has 0 aliphatic heterocycles. The highest BCUT2D eigenvalue weighted by Crippen LogP contribution is 2.72. The van der Waals surface area contributed by atoms with Crippen LogP contribution in [0.2, 0.25) is 0 Å². The van der Waals surface area contributed by atoms with E-state index in [1.54, 1.807) is 27.7 Å². The SMILES string of the molecule is CCC(C)C(=O)C1=C(O)[C@]2(C)C[C@H]3C(C)(C)[C@@H](C(C)(C)O)C[C@@]3(C1=O)C2=O. The molecule has 0 aromatic rings. The zero-order valence-electron chi connectivity index (χ0n) is 17.5. The number of allylic oxidation sites excluding steroid dienone is 2. The van der Waals surface area contributed by atoms with E-state index in [0.29, 0.717) is 12.8 Å². The summed E-state index contributed by atoms with van der Waals surface area (Å²) < 4.78 is 0. The molecule has 1 spiro atoms. The minimum absolute atomic E-state index is 0.166. The maximum absolute atomic E-state index is 13.6. The van der Waals surface area contributed by atoms with Crippen LogP contribution in [0.1, 0.15) is 67.7 Å². The van der Waals surface area contributed by atoms with Gasteiger partial charge < -0.3 is 10.2 Å². The highest BCUT2D eigenvalue weighted by atomic mass is 16.3. The number of carbonyl (C=O) groups is 3. The lowest BCUT2D eigenvalue weighted by molar-refractivity contribution is -0.144. The molecule has 150 valence electrons. The standard InChI is InChI=1S/C22H32O5/c1-8-11(2)15(23)14-16(24)21(7)9-13-19(3,4)12(20(5,6)27)10-22(13,17(14)25)18(21)26/h11-13,24,27H,8-10H2,1-7H3/t11?,12-,13-,21-,22+/m0/s1. The lowest BCUT2D eigenvalue weighted by Crippen LogP contribution is -2.50. The molecular formula is C22H32O5. The summed E-state index contributed by atoms with van der Waals surface area (Å²) in [6, 6.07) is 0. The molecule has 5 nitrogen and oxygen atoms in total. The predicted molar refractivity (Wildman–Crippen MR) is 101 cm³/mol. The first-order valence-electron chi connectivity index (χ1n) is 9.97. The van der Waals surface area contributed by atoms with Gasteiger partial charge in [0.2, 0.25) is 0 Å². The molecule has 0 aromatic heterocycles. The van der Waals surface area contributed by atoms with Crippen LogP contribution >= 0.6 is 0 Å². The number of hydrogen-bond acceptors (Lipinski definition) is 5. The zero-order chi connectivity index (χ0) is 20.7. The first kappa shape index (κ1) is 20.2. The van der Waals surface area contributed by atoms with E-state index in [1.807, 2.05) is 20.8 Å².